The van der Waals surface area contributed by atoms with Gasteiger partial charge < -0.3 is 10.6 Å². The predicted octanol–water partition coefficient (Wildman–Crippen LogP) is 4.50. The third kappa shape index (κ3) is 5.23. The highest BCUT2D eigenvalue weighted by Crippen LogP contribution is 2.26. The Morgan fingerprint density at radius 3 is 2.50 bits per heavy atom. The van der Waals surface area contributed by atoms with Crippen LogP contribution in [0.4, 0.5) is 0 Å². The minimum absolute atomic E-state index is 0.152. The van der Waals surface area contributed by atoms with Gasteiger partial charge in [0, 0.05) is 11.8 Å². The van der Waals surface area contributed by atoms with E-state index in [9.17, 15) is 9.59 Å². The summed E-state index contributed by atoms with van der Waals surface area (Å²) in [5.41, 5.74) is 0.866. The Morgan fingerprint density at radius 2 is 1.92 bits per heavy atom. The van der Waals surface area contributed by atoms with E-state index in [-0.39, 0.29) is 30.3 Å². The molecule has 0 fully saturated rings. The zero-order valence-corrected chi connectivity index (χ0v) is 15.6. The molecule has 7 heteroatoms. The molecule has 2 amide bonds. The summed E-state index contributed by atoms with van der Waals surface area (Å²) in [6.07, 6.45) is 0.172. The minimum Gasteiger partial charge on any atom is -0.350 e. The molecule has 0 radical (unpaired) electrons. The zero-order valence-electron chi connectivity index (χ0n) is 13.3. The molecule has 1 heterocycles. The highest BCUT2D eigenvalue weighted by molar-refractivity contribution is 7.10. The van der Waals surface area contributed by atoms with Gasteiger partial charge in [-0.05, 0) is 36.1 Å². The van der Waals surface area contributed by atoms with Gasteiger partial charge in [-0.2, -0.15) is 0 Å². The van der Waals surface area contributed by atoms with E-state index in [2.05, 4.69) is 10.6 Å². The van der Waals surface area contributed by atoms with E-state index in [1.165, 1.54) is 18.3 Å². The summed E-state index contributed by atoms with van der Waals surface area (Å²) in [7, 11) is 0. The van der Waals surface area contributed by atoms with Crippen LogP contribution in [0.15, 0.2) is 35.7 Å². The van der Waals surface area contributed by atoms with Gasteiger partial charge in [0.05, 0.1) is 28.5 Å². The molecular weight excluding hydrogens is 367 g/mol. The third-order valence-electron chi connectivity index (χ3n) is 3.47. The van der Waals surface area contributed by atoms with Gasteiger partial charge in [0.2, 0.25) is 11.8 Å². The van der Waals surface area contributed by atoms with Crippen molar-refractivity contribution in [3.05, 3.63) is 56.2 Å². The number of hydrogen-bond acceptors (Lipinski definition) is 3. The van der Waals surface area contributed by atoms with Crippen molar-refractivity contribution in [2.75, 3.05) is 0 Å². The normalized spacial score (nSPS) is 13.2. The topological polar surface area (TPSA) is 58.2 Å². The maximum Gasteiger partial charge on any atom is 0.222 e. The molecular formula is C17H18Cl2N2O2S. The second-order valence-electron chi connectivity index (χ2n) is 5.44. The standard InChI is InChI=1S/C17H18Cl2N2O2S/c1-10(12-5-6-13(18)14(19)8-12)20-17(23)9-15(21-11(2)22)16-4-3-7-24-16/h3-8,10,15H,9H2,1-2H3,(H,20,23)(H,21,22)/t10-,15-/m0/s1. The van der Waals surface area contributed by atoms with Crippen LogP contribution in [0.25, 0.3) is 0 Å². The van der Waals surface area contributed by atoms with Gasteiger partial charge in [0.1, 0.15) is 0 Å². The molecule has 0 unspecified atom stereocenters. The van der Waals surface area contributed by atoms with Crippen molar-refractivity contribution in [3.8, 4) is 0 Å². The van der Waals surface area contributed by atoms with Crippen LogP contribution >= 0.6 is 34.5 Å². The fourth-order valence-electron chi connectivity index (χ4n) is 2.31. The van der Waals surface area contributed by atoms with Crippen LogP contribution in [0, 0.1) is 0 Å². The molecule has 128 valence electrons. The van der Waals surface area contributed by atoms with Gasteiger partial charge in [-0.25, -0.2) is 0 Å². The number of rotatable bonds is 6. The average molecular weight is 385 g/mol. The van der Waals surface area contributed by atoms with Crippen LogP contribution in [0.3, 0.4) is 0 Å². The summed E-state index contributed by atoms with van der Waals surface area (Å²) in [4.78, 5) is 24.7. The highest BCUT2D eigenvalue weighted by atomic mass is 35.5. The first-order valence-electron chi connectivity index (χ1n) is 7.41. The van der Waals surface area contributed by atoms with Gasteiger partial charge >= 0.3 is 0 Å². The molecule has 2 rings (SSSR count). The first-order chi connectivity index (χ1) is 11.4. The summed E-state index contributed by atoms with van der Waals surface area (Å²) in [5, 5.41) is 8.58. The summed E-state index contributed by atoms with van der Waals surface area (Å²) in [6.45, 7) is 3.31. The van der Waals surface area contributed by atoms with Crippen molar-refractivity contribution in [3.63, 3.8) is 0 Å². The number of carbonyl (C=O) groups excluding carboxylic acids is 2. The monoisotopic (exact) mass is 384 g/mol. The molecule has 2 N–H and O–H groups in total. The molecule has 0 bridgehead atoms. The third-order valence-corrected chi connectivity index (χ3v) is 5.20. The number of benzene rings is 1. The van der Waals surface area contributed by atoms with Crippen molar-refractivity contribution >= 4 is 46.4 Å². The van der Waals surface area contributed by atoms with Crippen molar-refractivity contribution < 1.29 is 9.59 Å². The fraction of sp³-hybridized carbons (Fsp3) is 0.294. The first kappa shape index (κ1) is 18.8. The summed E-state index contributed by atoms with van der Waals surface area (Å²) in [6, 6.07) is 8.51. The molecule has 0 aliphatic carbocycles. The Kier molecular flexibility index (Phi) is 6.66. The predicted molar refractivity (Wildman–Crippen MR) is 98.5 cm³/mol. The highest BCUT2D eigenvalue weighted by Gasteiger charge is 2.19. The van der Waals surface area contributed by atoms with Crippen LogP contribution in [0.1, 0.15) is 42.8 Å². The molecule has 0 saturated heterocycles. The molecule has 2 atom stereocenters. The van der Waals surface area contributed by atoms with Gasteiger partial charge in [-0.15, -0.1) is 11.3 Å². The Morgan fingerprint density at radius 1 is 1.17 bits per heavy atom. The van der Waals surface area contributed by atoms with E-state index < -0.39 is 0 Å². The Hall–Kier alpha value is -1.56. The van der Waals surface area contributed by atoms with Crippen LogP contribution < -0.4 is 10.6 Å². The van der Waals surface area contributed by atoms with Crippen LogP contribution in [-0.4, -0.2) is 11.8 Å². The molecule has 0 saturated carbocycles. The van der Waals surface area contributed by atoms with E-state index in [0.717, 1.165) is 10.4 Å². The number of nitrogens with one attached hydrogen (secondary N) is 2. The Balaban J connectivity index is 2.02. The Bertz CT molecular complexity index is 719. The smallest absolute Gasteiger partial charge is 0.222 e. The number of hydrogen-bond donors (Lipinski definition) is 2. The maximum absolute atomic E-state index is 12.3. The molecule has 0 aliphatic rings. The number of halogens is 2. The molecule has 4 nitrogen and oxygen atoms in total. The summed E-state index contributed by atoms with van der Waals surface area (Å²) in [5.74, 6) is -0.320. The SMILES string of the molecule is CC(=O)N[C@@H](CC(=O)N[C@@H](C)c1ccc(Cl)c(Cl)c1)c1cccs1. The number of carbonyl (C=O) groups is 2. The zero-order chi connectivity index (χ0) is 17.7. The maximum atomic E-state index is 12.3. The number of amides is 2. The quantitative estimate of drug-likeness (QED) is 0.769. The molecule has 1 aromatic heterocycles. The van der Waals surface area contributed by atoms with E-state index in [0.29, 0.717) is 10.0 Å². The lowest BCUT2D eigenvalue weighted by molar-refractivity contribution is -0.123. The lowest BCUT2D eigenvalue weighted by Gasteiger charge is -2.19. The van der Waals surface area contributed by atoms with Crippen molar-refractivity contribution in [1.29, 1.82) is 0 Å². The summed E-state index contributed by atoms with van der Waals surface area (Å²) >= 11 is 13.4. The van der Waals surface area contributed by atoms with Crippen molar-refractivity contribution in [2.24, 2.45) is 0 Å². The molecule has 24 heavy (non-hydrogen) atoms. The fourth-order valence-corrected chi connectivity index (χ4v) is 3.39. The van der Waals surface area contributed by atoms with Gasteiger partial charge in [-0.3, -0.25) is 9.59 Å². The minimum atomic E-state index is -0.330. The van der Waals surface area contributed by atoms with Crippen LogP contribution in [0.5, 0.6) is 0 Å². The van der Waals surface area contributed by atoms with E-state index in [1.807, 2.05) is 30.5 Å². The van der Waals surface area contributed by atoms with Crippen molar-refractivity contribution in [1.82, 2.24) is 10.6 Å². The molecule has 0 spiro atoms. The Labute approximate surface area is 155 Å². The molecule has 2 aromatic rings. The lowest BCUT2D eigenvalue weighted by Crippen LogP contribution is -2.33. The largest absolute Gasteiger partial charge is 0.350 e. The van der Waals surface area contributed by atoms with Crippen LogP contribution in [-0.2, 0) is 9.59 Å². The van der Waals surface area contributed by atoms with Crippen LogP contribution in [0.2, 0.25) is 10.0 Å². The molecule has 1 aromatic carbocycles. The second-order valence-corrected chi connectivity index (χ2v) is 7.23. The van der Waals surface area contributed by atoms with Gasteiger partial charge in [-0.1, -0.05) is 35.3 Å². The average Bonchev–Trinajstić information content (AvgIpc) is 3.03. The van der Waals surface area contributed by atoms with Gasteiger partial charge in [0.15, 0.2) is 0 Å². The van der Waals surface area contributed by atoms with E-state index in [4.69, 9.17) is 23.2 Å². The first-order valence-corrected chi connectivity index (χ1v) is 9.05. The van der Waals surface area contributed by atoms with E-state index >= 15 is 0 Å². The van der Waals surface area contributed by atoms with Crippen molar-refractivity contribution in [2.45, 2.75) is 32.4 Å². The molecule has 0 aliphatic heterocycles. The van der Waals surface area contributed by atoms with E-state index in [1.54, 1.807) is 12.1 Å². The number of thiophene rings is 1. The lowest BCUT2D eigenvalue weighted by atomic mass is 10.1. The summed E-state index contributed by atoms with van der Waals surface area (Å²) < 4.78 is 0. The van der Waals surface area contributed by atoms with Gasteiger partial charge in [0.25, 0.3) is 0 Å². The second kappa shape index (κ2) is 8.51.